The number of fused-ring (bicyclic) bond motifs is 1. The number of aromatic nitrogens is 5. The lowest BCUT2D eigenvalue weighted by Crippen LogP contribution is -2.47. The molecule has 0 aliphatic heterocycles. The van der Waals surface area contributed by atoms with Crippen LogP contribution in [0.5, 0.6) is 0 Å². The quantitative estimate of drug-likeness (QED) is 0.553. The molecule has 0 radical (unpaired) electrons. The third kappa shape index (κ3) is 3.15. The molecule has 8 heteroatoms. The van der Waals surface area contributed by atoms with Gasteiger partial charge < -0.3 is 4.98 Å². The maximum atomic E-state index is 11.8. The van der Waals surface area contributed by atoms with Crippen LogP contribution in [0, 0.1) is 28.6 Å². The summed E-state index contributed by atoms with van der Waals surface area (Å²) in [7, 11) is 0. The third-order valence-electron chi connectivity index (χ3n) is 5.86. The van der Waals surface area contributed by atoms with Crippen LogP contribution in [-0.4, -0.2) is 25.0 Å². The number of nitrogens with one attached hydrogen (secondary N) is 1. The zero-order valence-electron chi connectivity index (χ0n) is 16.5. The molecular weight excluding hydrogens is 390 g/mol. The van der Waals surface area contributed by atoms with Crippen LogP contribution in [0.4, 0.5) is 0 Å². The first-order valence-electron chi connectivity index (χ1n) is 9.89. The van der Waals surface area contributed by atoms with E-state index in [1.165, 1.54) is 0 Å². The monoisotopic (exact) mass is 407 g/mol. The first-order valence-corrected chi connectivity index (χ1v) is 9.89. The van der Waals surface area contributed by atoms with Gasteiger partial charge in [-0.15, -0.1) is 0 Å². The molecule has 3 aromatic heterocycles. The van der Waals surface area contributed by atoms with Crippen molar-refractivity contribution in [3.63, 3.8) is 0 Å². The van der Waals surface area contributed by atoms with Gasteiger partial charge >= 0.3 is 0 Å². The molecule has 1 saturated carbocycles. The largest absolute Gasteiger partial charge is 0.329 e. The Kier molecular flexibility index (Phi) is 4.34. The summed E-state index contributed by atoms with van der Waals surface area (Å²) in [5.74, 6) is -0.0765. The summed E-state index contributed by atoms with van der Waals surface area (Å²) in [4.78, 5) is 20.5. The molecule has 0 amide bonds. The van der Waals surface area contributed by atoms with E-state index in [-0.39, 0.29) is 17.9 Å². The van der Waals surface area contributed by atoms with Crippen LogP contribution in [-0.2, 0) is 5.54 Å². The zero-order chi connectivity index (χ0) is 21.4. The Hall–Kier alpha value is -4.30. The number of H-pyrrole nitrogens is 1. The summed E-state index contributed by atoms with van der Waals surface area (Å²) in [6, 6.07) is 15.6. The number of rotatable bonds is 4. The van der Waals surface area contributed by atoms with E-state index < -0.39 is 5.54 Å². The molecule has 8 nitrogen and oxygen atoms in total. The average Bonchev–Trinajstić information content (AvgIpc) is 3.25. The van der Waals surface area contributed by atoms with E-state index in [0.717, 1.165) is 27.6 Å². The van der Waals surface area contributed by atoms with Crippen molar-refractivity contribution in [3.05, 3.63) is 65.3 Å². The number of hydrogen-bond donors (Lipinski definition) is 1. The second kappa shape index (κ2) is 7.19. The number of hydrogen-bond acceptors (Lipinski definition) is 6. The lowest BCUT2D eigenvalue weighted by Gasteiger charge is -2.42. The van der Waals surface area contributed by atoms with E-state index >= 15 is 0 Å². The third-order valence-corrected chi connectivity index (χ3v) is 5.86. The molecule has 0 unspecified atom stereocenters. The fourth-order valence-electron chi connectivity index (χ4n) is 4.27. The molecule has 5 rings (SSSR count). The maximum Gasteiger partial charge on any atom is 0.248 e. The molecule has 0 spiro atoms. The van der Waals surface area contributed by atoms with Gasteiger partial charge in [0.15, 0.2) is 0 Å². The minimum Gasteiger partial charge on any atom is -0.329 e. The van der Waals surface area contributed by atoms with Crippen LogP contribution < -0.4 is 5.56 Å². The molecule has 0 saturated heterocycles. The van der Waals surface area contributed by atoms with Crippen LogP contribution in [0.3, 0.4) is 0 Å². The van der Waals surface area contributed by atoms with Gasteiger partial charge in [-0.2, -0.15) is 25.5 Å². The summed E-state index contributed by atoms with van der Waals surface area (Å²) >= 11 is 0. The first-order chi connectivity index (χ1) is 15.1. The Morgan fingerprint density at radius 1 is 1.19 bits per heavy atom. The molecule has 3 heterocycles. The molecule has 1 aliphatic rings. The lowest BCUT2D eigenvalue weighted by molar-refractivity contribution is 0.0713. The summed E-state index contributed by atoms with van der Waals surface area (Å²) in [5.41, 5.74) is 3.19. The van der Waals surface area contributed by atoms with Gasteiger partial charge in [-0.1, -0.05) is 6.07 Å². The van der Waals surface area contributed by atoms with Crippen molar-refractivity contribution < 1.29 is 0 Å². The van der Waals surface area contributed by atoms with Crippen molar-refractivity contribution in [1.29, 1.82) is 10.5 Å². The molecule has 31 heavy (non-hydrogen) atoms. The van der Waals surface area contributed by atoms with Gasteiger partial charge in [0.25, 0.3) is 0 Å². The Labute approximate surface area is 177 Å². The standard InChI is InChI=1S/C23H17N7O/c24-5-4-23(11-15(12-23)13-25)30-28-14-21(29-30)19-8-17(16-3-7-27-22(31)10-16)9-20-18(19)2-1-6-26-20/h1-3,6-10,14-15H,4,11-12H2,(H,27,31)/t15-,23-. The molecule has 1 fully saturated rings. The molecule has 1 aliphatic carbocycles. The highest BCUT2D eigenvalue weighted by atomic mass is 16.1. The van der Waals surface area contributed by atoms with Crippen molar-refractivity contribution in [2.75, 3.05) is 0 Å². The van der Waals surface area contributed by atoms with Gasteiger partial charge in [-0.05, 0) is 48.2 Å². The van der Waals surface area contributed by atoms with Gasteiger partial charge in [0.05, 0.1) is 41.7 Å². The van der Waals surface area contributed by atoms with Gasteiger partial charge in [0, 0.05) is 29.4 Å². The fraction of sp³-hybridized carbons (Fsp3) is 0.217. The van der Waals surface area contributed by atoms with Gasteiger partial charge in [-0.3, -0.25) is 9.78 Å². The Morgan fingerprint density at radius 3 is 2.84 bits per heavy atom. The van der Waals surface area contributed by atoms with Crippen molar-refractivity contribution in [3.8, 4) is 34.5 Å². The van der Waals surface area contributed by atoms with E-state index in [0.29, 0.717) is 18.5 Å². The fourth-order valence-corrected chi connectivity index (χ4v) is 4.27. The van der Waals surface area contributed by atoms with Crippen LogP contribution >= 0.6 is 0 Å². The highest BCUT2D eigenvalue weighted by Gasteiger charge is 2.48. The van der Waals surface area contributed by atoms with Crippen molar-refractivity contribution in [2.45, 2.75) is 24.8 Å². The molecule has 0 bridgehead atoms. The predicted molar refractivity (Wildman–Crippen MR) is 113 cm³/mol. The number of aromatic amines is 1. The Balaban J connectivity index is 1.63. The topological polar surface area (TPSA) is 124 Å². The van der Waals surface area contributed by atoms with Crippen molar-refractivity contribution >= 4 is 10.9 Å². The van der Waals surface area contributed by atoms with E-state index in [9.17, 15) is 15.3 Å². The second-order valence-electron chi connectivity index (χ2n) is 7.85. The molecular formula is C23H17N7O. The Bertz CT molecular complexity index is 1430. The van der Waals surface area contributed by atoms with Crippen LogP contribution in [0.25, 0.3) is 33.3 Å². The molecule has 1 aromatic carbocycles. The van der Waals surface area contributed by atoms with Crippen LogP contribution in [0.15, 0.2) is 59.8 Å². The average molecular weight is 407 g/mol. The summed E-state index contributed by atoms with van der Waals surface area (Å²) in [5, 5.41) is 28.6. The van der Waals surface area contributed by atoms with Gasteiger partial charge in [0.2, 0.25) is 5.56 Å². The predicted octanol–water partition coefficient (Wildman–Crippen LogP) is 3.39. The second-order valence-corrected chi connectivity index (χ2v) is 7.85. The number of nitrogens with zero attached hydrogens (tertiary/aromatic N) is 6. The SMILES string of the molecule is N#CC[C@]1(n2ncc(-c3cc(-c4cc[nH]c(=O)c4)cc4ncccc34)n2)C[C@H](C#N)C1. The molecule has 0 atom stereocenters. The molecule has 1 N–H and O–H groups in total. The van der Waals surface area contributed by atoms with Crippen molar-refractivity contribution in [2.24, 2.45) is 5.92 Å². The Morgan fingerprint density at radius 2 is 2.06 bits per heavy atom. The van der Waals surface area contributed by atoms with Gasteiger partial charge in [0.1, 0.15) is 5.69 Å². The number of benzene rings is 1. The summed E-state index contributed by atoms with van der Waals surface area (Å²) < 4.78 is 0. The minimum atomic E-state index is -0.536. The van der Waals surface area contributed by atoms with Crippen LogP contribution in [0.2, 0.25) is 0 Å². The normalized spacial score (nSPS) is 20.0. The lowest BCUT2D eigenvalue weighted by atomic mass is 9.68. The van der Waals surface area contributed by atoms with Crippen LogP contribution in [0.1, 0.15) is 19.3 Å². The summed E-state index contributed by atoms with van der Waals surface area (Å²) in [6.45, 7) is 0. The van der Waals surface area contributed by atoms with Gasteiger partial charge in [-0.25, -0.2) is 0 Å². The minimum absolute atomic E-state index is 0.0765. The molecule has 4 aromatic rings. The van der Waals surface area contributed by atoms with E-state index in [1.54, 1.807) is 29.5 Å². The smallest absolute Gasteiger partial charge is 0.248 e. The molecule has 150 valence electrons. The van der Waals surface area contributed by atoms with E-state index in [2.05, 4.69) is 27.2 Å². The zero-order valence-corrected chi connectivity index (χ0v) is 16.5. The highest BCUT2D eigenvalue weighted by molar-refractivity contribution is 5.97. The summed E-state index contributed by atoms with van der Waals surface area (Å²) in [6.07, 6.45) is 6.42. The maximum absolute atomic E-state index is 11.8. The number of pyridine rings is 2. The van der Waals surface area contributed by atoms with Crippen molar-refractivity contribution in [1.82, 2.24) is 25.0 Å². The highest BCUT2D eigenvalue weighted by Crippen LogP contribution is 2.45. The number of nitriles is 2. The van der Waals surface area contributed by atoms with E-state index in [4.69, 9.17) is 5.10 Å². The first kappa shape index (κ1) is 18.7. The van der Waals surface area contributed by atoms with E-state index in [1.807, 2.05) is 30.3 Å².